The Labute approximate surface area is 132 Å². The summed E-state index contributed by atoms with van der Waals surface area (Å²) < 4.78 is 44.4. The van der Waals surface area contributed by atoms with Gasteiger partial charge in [0.05, 0.1) is 5.56 Å². The molecule has 2 nitrogen and oxygen atoms in total. The number of para-hydroxylation sites is 1. The molecule has 1 N–H and O–H groups in total. The fourth-order valence-electron chi connectivity index (χ4n) is 2.57. The summed E-state index contributed by atoms with van der Waals surface area (Å²) in [5.74, 6) is 0.832. The molecule has 23 heavy (non-hydrogen) atoms. The summed E-state index contributed by atoms with van der Waals surface area (Å²) in [5.41, 5.74) is 1.66. The van der Waals surface area contributed by atoms with E-state index in [4.69, 9.17) is 4.74 Å². The molecule has 0 saturated carbocycles. The highest BCUT2D eigenvalue weighted by Gasteiger charge is 2.32. The predicted molar refractivity (Wildman–Crippen MR) is 83.1 cm³/mol. The third-order valence-electron chi connectivity index (χ3n) is 3.68. The van der Waals surface area contributed by atoms with E-state index < -0.39 is 11.7 Å². The largest absolute Gasteiger partial charge is 0.489 e. The third-order valence-corrected chi connectivity index (χ3v) is 3.68. The first-order valence-electron chi connectivity index (χ1n) is 7.31. The van der Waals surface area contributed by atoms with Crippen molar-refractivity contribution in [3.63, 3.8) is 0 Å². The van der Waals surface area contributed by atoms with E-state index in [1.807, 2.05) is 30.3 Å². The number of fused-ring (bicyclic) bond motifs is 1. The molecular formula is C18H16F3NO. The van der Waals surface area contributed by atoms with Crippen LogP contribution in [0.15, 0.2) is 54.1 Å². The minimum Gasteiger partial charge on any atom is -0.489 e. The molecule has 2 aromatic carbocycles. The zero-order valence-electron chi connectivity index (χ0n) is 12.4. The van der Waals surface area contributed by atoms with E-state index in [2.05, 4.69) is 5.32 Å². The quantitative estimate of drug-likeness (QED) is 0.908. The summed E-state index contributed by atoms with van der Waals surface area (Å²) in [6, 6.07) is 13.3. The number of ether oxygens (including phenoxy) is 1. The molecule has 1 aliphatic heterocycles. The van der Waals surface area contributed by atoms with Gasteiger partial charge in [0, 0.05) is 18.7 Å². The average Bonchev–Trinajstić information content (AvgIpc) is 2.54. The molecule has 0 bridgehead atoms. The fourth-order valence-corrected chi connectivity index (χ4v) is 2.57. The Morgan fingerprint density at radius 2 is 1.70 bits per heavy atom. The van der Waals surface area contributed by atoms with Crippen LogP contribution in [0.4, 0.5) is 13.2 Å². The SMILES string of the molecule is FC(F)(F)c1ccccc1CNCC1=Cc2ccccc2OC1. The highest BCUT2D eigenvalue weighted by molar-refractivity contribution is 5.62. The van der Waals surface area contributed by atoms with Gasteiger partial charge in [-0.25, -0.2) is 0 Å². The second kappa shape index (κ2) is 6.46. The lowest BCUT2D eigenvalue weighted by molar-refractivity contribution is -0.138. The fraction of sp³-hybridized carbons (Fsp3) is 0.222. The molecular weight excluding hydrogens is 303 g/mol. The van der Waals surface area contributed by atoms with E-state index in [9.17, 15) is 13.2 Å². The zero-order valence-corrected chi connectivity index (χ0v) is 12.4. The molecule has 0 aliphatic carbocycles. The van der Waals surface area contributed by atoms with Crippen molar-refractivity contribution in [1.29, 1.82) is 0 Å². The van der Waals surface area contributed by atoms with Gasteiger partial charge in [0.25, 0.3) is 0 Å². The number of rotatable bonds is 4. The Morgan fingerprint density at radius 1 is 0.957 bits per heavy atom. The van der Waals surface area contributed by atoms with E-state index >= 15 is 0 Å². The first-order chi connectivity index (χ1) is 11.0. The van der Waals surface area contributed by atoms with Crippen LogP contribution in [0.1, 0.15) is 16.7 Å². The van der Waals surface area contributed by atoms with Crippen molar-refractivity contribution in [1.82, 2.24) is 5.32 Å². The summed E-state index contributed by atoms with van der Waals surface area (Å²) in [4.78, 5) is 0. The van der Waals surface area contributed by atoms with Crippen LogP contribution in [0.3, 0.4) is 0 Å². The zero-order chi connectivity index (χ0) is 16.3. The molecule has 0 aromatic heterocycles. The second-order valence-corrected chi connectivity index (χ2v) is 5.39. The van der Waals surface area contributed by atoms with Crippen LogP contribution >= 0.6 is 0 Å². The monoisotopic (exact) mass is 319 g/mol. The molecule has 0 radical (unpaired) electrons. The maximum atomic E-state index is 12.9. The summed E-state index contributed by atoms with van der Waals surface area (Å²) >= 11 is 0. The second-order valence-electron chi connectivity index (χ2n) is 5.39. The maximum Gasteiger partial charge on any atom is 0.416 e. The van der Waals surface area contributed by atoms with Gasteiger partial charge in [-0.15, -0.1) is 0 Å². The van der Waals surface area contributed by atoms with Gasteiger partial charge in [0.15, 0.2) is 0 Å². The van der Waals surface area contributed by atoms with Crippen LogP contribution < -0.4 is 10.1 Å². The highest BCUT2D eigenvalue weighted by atomic mass is 19.4. The molecule has 3 rings (SSSR count). The third kappa shape index (κ3) is 3.74. The Balaban J connectivity index is 1.64. The molecule has 0 amide bonds. The number of halogens is 3. The molecule has 1 heterocycles. The first kappa shape index (κ1) is 15.6. The molecule has 120 valence electrons. The Hall–Kier alpha value is -2.27. The standard InChI is InChI=1S/C18H16F3NO/c19-18(20,21)16-7-3-1-6-15(16)11-22-10-13-9-14-5-2-4-8-17(14)23-12-13/h1-9,22H,10-12H2. The molecule has 5 heteroatoms. The Morgan fingerprint density at radius 3 is 2.52 bits per heavy atom. The first-order valence-corrected chi connectivity index (χ1v) is 7.31. The van der Waals surface area contributed by atoms with E-state index in [0.29, 0.717) is 13.2 Å². The Bertz CT molecular complexity index is 722. The van der Waals surface area contributed by atoms with Crippen LogP contribution in [-0.4, -0.2) is 13.2 Å². The molecule has 1 aliphatic rings. The number of hydrogen-bond donors (Lipinski definition) is 1. The summed E-state index contributed by atoms with van der Waals surface area (Å²) in [5, 5.41) is 3.07. The number of hydrogen-bond acceptors (Lipinski definition) is 2. The molecule has 0 fully saturated rings. The van der Waals surface area contributed by atoms with Crippen molar-refractivity contribution in [2.24, 2.45) is 0 Å². The van der Waals surface area contributed by atoms with Crippen molar-refractivity contribution in [3.05, 3.63) is 70.8 Å². The lowest BCUT2D eigenvalue weighted by Gasteiger charge is -2.19. The van der Waals surface area contributed by atoms with Crippen LogP contribution in [0.25, 0.3) is 6.08 Å². The number of benzene rings is 2. The van der Waals surface area contributed by atoms with Gasteiger partial charge < -0.3 is 10.1 Å². The average molecular weight is 319 g/mol. The topological polar surface area (TPSA) is 21.3 Å². The van der Waals surface area contributed by atoms with Crippen molar-refractivity contribution in [3.8, 4) is 5.75 Å². The van der Waals surface area contributed by atoms with Crippen LogP contribution in [0, 0.1) is 0 Å². The molecule has 0 unspecified atom stereocenters. The van der Waals surface area contributed by atoms with Gasteiger partial charge in [0.2, 0.25) is 0 Å². The smallest absolute Gasteiger partial charge is 0.416 e. The van der Waals surface area contributed by atoms with Crippen molar-refractivity contribution < 1.29 is 17.9 Å². The predicted octanol–water partition coefficient (Wildman–Crippen LogP) is 4.27. The van der Waals surface area contributed by atoms with E-state index in [1.54, 1.807) is 6.07 Å². The van der Waals surface area contributed by atoms with Crippen LogP contribution in [-0.2, 0) is 12.7 Å². The van der Waals surface area contributed by atoms with Crippen molar-refractivity contribution in [2.45, 2.75) is 12.7 Å². The van der Waals surface area contributed by atoms with E-state index in [0.717, 1.165) is 23.0 Å². The van der Waals surface area contributed by atoms with Crippen molar-refractivity contribution in [2.75, 3.05) is 13.2 Å². The maximum absolute atomic E-state index is 12.9. The normalized spacial score (nSPS) is 14.0. The van der Waals surface area contributed by atoms with Gasteiger partial charge in [-0.05, 0) is 29.3 Å². The lowest BCUT2D eigenvalue weighted by atomic mass is 10.1. The molecule has 0 atom stereocenters. The van der Waals surface area contributed by atoms with Gasteiger partial charge in [-0.1, -0.05) is 36.4 Å². The van der Waals surface area contributed by atoms with Crippen LogP contribution in [0.2, 0.25) is 0 Å². The minimum atomic E-state index is -4.33. The summed E-state index contributed by atoms with van der Waals surface area (Å²) in [6.07, 6.45) is -2.31. The Kier molecular flexibility index (Phi) is 4.39. The van der Waals surface area contributed by atoms with Crippen LogP contribution in [0.5, 0.6) is 5.75 Å². The highest BCUT2D eigenvalue weighted by Crippen LogP contribution is 2.31. The van der Waals surface area contributed by atoms with E-state index in [1.165, 1.54) is 12.1 Å². The van der Waals surface area contributed by atoms with Gasteiger partial charge in [-0.3, -0.25) is 0 Å². The van der Waals surface area contributed by atoms with Gasteiger partial charge in [0.1, 0.15) is 12.4 Å². The summed E-state index contributed by atoms with van der Waals surface area (Å²) in [7, 11) is 0. The van der Waals surface area contributed by atoms with E-state index in [-0.39, 0.29) is 12.1 Å². The lowest BCUT2D eigenvalue weighted by Crippen LogP contribution is -2.23. The van der Waals surface area contributed by atoms with Crippen molar-refractivity contribution >= 4 is 6.08 Å². The molecule has 0 spiro atoms. The summed E-state index contributed by atoms with van der Waals surface area (Å²) in [6.45, 7) is 1.10. The molecule has 0 saturated heterocycles. The van der Waals surface area contributed by atoms with Gasteiger partial charge >= 0.3 is 6.18 Å². The van der Waals surface area contributed by atoms with Gasteiger partial charge in [-0.2, -0.15) is 13.2 Å². The number of nitrogens with one attached hydrogen (secondary N) is 1. The minimum absolute atomic E-state index is 0.161. The molecule has 2 aromatic rings. The number of alkyl halides is 3.